The summed E-state index contributed by atoms with van der Waals surface area (Å²) in [4.78, 5) is 0. The van der Waals surface area contributed by atoms with Crippen LogP contribution in [0.4, 0.5) is 0 Å². The highest BCUT2D eigenvalue weighted by Crippen LogP contribution is 2.22. The van der Waals surface area contributed by atoms with E-state index in [1.807, 2.05) is 0 Å². The molecule has 0 nitrogen and oxygen atoms in total. The van der Waals surface area contributed by atoms with Gasteiger partial charge in [0.25, 0.3) is 0 Å². The number of hydrogen-bond donors (Lipinski definition) is 0. The highest BCUT2D eigenvalue weighted by atomic mass is 14.0. The normalized spacial score (nSPS) is 16.7. The maximum Gasteiger partial charge on any atom is 0.164 e. The van der Waals surface area contributed by atoms with E-state index in [0.717, 1.165) is 6.71 Å². The van der Waals surface area contributed by atoms with Crippen molar-refractivity contribution in [1.29, 1.82) is 0 Å². The molecule has 54 valence electrons. The average molecular weight is 134 g/mol. The molecule has 0 unspecified atom stereocenters. The Kier molecular flexibility index (Phi) is 2.36. The van der Waals surface area contributed by atoms with Crippen LogP contribution >= 0.6 is 0 Å². The number of hydrogen-bond acceptors (Lipinski definition) is 0. The molecule has 0 atom stereocenters. The summed E-state index contributed by atoms with van der Waals surface area (Å²) in [6.07, 6.45) is 7.00. The van der Waals surface area contributed by atoms with Gasteiger partial charge in [0.2, 0.25) is 0 Å². The van der Waals surface area contributed by atoms with Gasteiger partial charge in [-0.25, -0.2) is 0 Å². The molecule has 1 heteroatoms. The molecule has 0 heterocycles. The summed E-state index contributed by atoms with van der Waals surface area (Å²) in [5.41, 5.74) is 3.18. The Bertz CT molecular complexity index is 175. The second kappa shape index (κ2) is 3.09. The Labute approximate surface area is 64.1 Å². The minimum Gasteiger partial charge on any atom is -0.0977 e. The molecular formula is C9H15B. The highest BCUT2D eigenvalue weighted by Gasteiger charge is 2.11. The predicted molar refractivity (Wildman–Crippen MR) is 48.6 cm³/mol. The zero-order chi connectivity index (χ0) is 7.56. The Morgan fingerprint density at radius 3 is 2.40 bits per heavy atom. The first-order chi connectivity index (χ1) is 4.74. The summed E-state index contributed by atoms with van der Waals surface area (Å²) in [5.74, 6) is 0. The summed E-state index contributed by atoms with van der Waals surface area (Å²) < 4.78 is 0. The molecule has 1 aliphatic carbocycles. The third-order valence-corrected chi connectivity index (χ3v) is 2.16. The van der Waals surface area contributed by atoms with Crippen molar-refractivity contribution in [3.8, 4) is 0 Å². The summed E-state index contributed by atoms with van der Waals surface area (Å²) >= 11 is 0. The topological polar surface area (TPSA) is 0 Å². The zero-order valence-electron chi connectivity index (χ0n) is 7.15. The second-order valence-electron chi connectivity index (χ2n) is 3.25. The molecule has 0 aromatic rings. The minimum absolute atomic E-state index is 0.736. The van der Waals surface area contributed by atoms with Gasteiger partial charge in [-0.1, -0.05) is 43.8 Å². The fraction of sp³-hybridized carbons (Fsp3) is 0.556. The lowest BCUT2D eigenvalue weighted by Crippen LogP contribution is -2.03. The van der Waals surface area contributed by atoms with Crippen LogP contribution in [0.15, 0.2) is 23.2 Å². The standard InChI is InChI=1S/C9H15B/c1-4-8-5-6-9(7-8)10(2)3/h5-6H,4,7H2,1-3H3. The largest absolute Gasteiger partial charge is 0.164 e. The van der Waals surface area contributed by atoms with E-state index >= 15 is 0 Å². The molecule has 0 aliphatic heterocycles. The van der Waals surface area contributed by atoms with Gasteiger partial charge < -0.3 is 0 Å². The fourth-order valence-corrected chi connectivity index (χ4v) is 1.24. The number of rotatable bonds is 2. The quantitative estimate of drug-likeness (QED) is 0.509. The molecule has 0 aromatic heterocycles. The molecule has 0 radical (unpaired) electrons. The van der Waals surface area contributed by atoms with E-state index in [4.69, 9.17) is 0 Å². The van der Waals surface area contributed by atoms with E-state index in [2.05, 4.69) is 32.7 Å². The summed E-state index contributed by atoms with van der Waals surface area (Å²) in [6, 6.07) is 0. The third-order valence-electron chi connectivity index (χ3n) is 2.16. The molecule has 1 rings (SSSR count). The van der Waals surface area contributed by atoms with Gasteiger partial charge in [-0.3, -0.25) is 0 Å². The van der Waals surface area contributed by atoms with Crippen LogP contribution in [0.5, 0.6) is 0 Å². The van der Waals surface area contributed by atoms with Crippen LogP contribution in [-0.2, 0) is 0 Å². The maximum atomic E-state index is 2.28. The third kappa shape index (κ3) is 1.53. The smallest absolute Gasteiger partial charge is 0.0977 e. The van der Waals surface area contributed by atoms with Crippen molar-refractivity contribution in [1.82, 2.24) is 0 Å². The lowest BCUT2D eigenvalue weighted by Gasteiger charge is -2.03. The second-order valence-corrected chi connectivity index (χ2v) is 3.25. The van der Waals surface area contributed by atoms with Gasteiger partial charge in [0.15, 0.2) is 6.71 Å². The van der Waals surface area contributed by atoms with Gasteiger partial charge in [-0.15, -0.1) is 0 Å². The van der Waals surface area contributed by atoms with Gasteiger partial charge in [0.1, 0.15) is 0 Å². The van der Waals surface area contributed by atoms with E-state index in [1.165, 1.54) is 12.8 Å². The van der Waals surface area contributed by atoms with E-state index < -0.39 is 0 Å². The van der Waals surface area contributed by atoms with Crippen LogP contribution in [-0.4, -0.2) is 6.71 Å². The van der Waals surface area contributed by atoms with Gasteiger partial charge in [-0.05, 0) is 12.8 Å². The van der Waals surface area contributed by atoms with Gasteiger partial charge in [0, 0.05) is 0 Å². The zero-order valence-corrected chi connectivity index (χ0v) is 7.15. The summed E-state index contributed by atoms with van der Waals surface area (Å²) in [7, 11) is 0. The van der Waals surface area contributed by atoms with Gasteiger partial charge in [-0.2, -0.15) is 0 Å². The Hall–Kier alpha value is -0.455. The molecule has 0 aromatic carbocycles. The van der Waals surface area contributed by atoms with E-state index in [9.17, 15) is 0 Å². The monoisotopic (exact) mass is 134 g/mol. The molecule has 0 amide bonds. The molecule has 0 saturated heterocycles. The lowest BCUT2D eigenvalue weighted by molar-refractivity contribution is 1.04. The van der Waals surface area contributed by atoms with Crippen molar-refractivity contribution in [2.75, 3.05) is 0 Å². The SMILES string of the molecule is CCC1=CC=C(B(C)C)C1. The summed E-state index contributed by atoms with van der Waals surface area (Å²) in [6.45, 7) is 7.49. The minimum atomic E-state index is 0.736. The van der Waals surface area contributed by atoms with E-state index in [1.54, 1.807) is 11.0 Å². The maximum absolute atomic E-state index is 2.28. The van der Waals surface area contributed by atoms with Gasteiger partial charge >= 0.3 is 0 Å². The van der Waals surface area contributed by atoms with Crippen LogP contribution in [0.1, 0.15) is 19.8 Å². The van der Waals surface area contributed by atoms with Crippen molar-refractivity contribution < 1.29 is 0 Å². The Morgan fingerprint density at radius 1 is 1.40 bits per heavy atom. The first kappa shape index (κ1) is 7.65. The first-order valence-electron chi connectivity index (χ1n) is 4.12. The number of allylic oxidation sites excluding steroid dienone is 4. The van der Waals surface area contributed by atoms with Crippen molar-refractivity contribution >= 4 is 6.71 Å². The fourth-order valence-electron chi connectivity index (χ4n) is 1.24. The lowest BCUT2D eigenvalue weighted by atomic mass is 9.48. The molecule has 0 fully saturated rings. The molecule has 0 bridgehead atoms. The van der Waals surface area contributed by atoms with Crippen LogP contribution < -0.4 is 0 Å². The van der Waals surface area contributed by atoms with Crippen LogP contribution in [0.2, 0.25) is 13.6 Å². The Morgan fingerprint density at radius 2 is 2.10 bits per heavy atom. The molecule has 0 saturated carbocycles. The molecular weight excluding hydrogens is 119 g/mol. The van der Waals surface area contributed by atoms with E-state index in [0.29, 0.717) is 0 Å². The van der Waals surface area contributed by atoms with Crippen molar-refractivity contribution in [2.24, 2.45) is 0 Å². The predicted octanol–water partition coefficient (Wildman–Crippen LogP) is 2.95. The summed E-state index contributed by atoms with van der Waals surface area (Å²) in [5, 5.41) is 0. The van der Waals surface area contributed by atoms with Crippen molar-refractivity contribution in [3.05, 3.63) is 23.2 Å². The van der Waals surface area contributed by atoms with Crippen LogP contribution in [0.25, 0.3) is 0 Å². The average Bonchev–Trinajstić information content (AvgIpc) is 2.34. The molecule has 0 spiro atoms. The van der Waals surface area contributed by atoms with E-state index in [-0.39, 0.29) is 0 Å². The first-order valence-corrected chi connectivity index (χ1v) is 4.12. The van der Waals surface area contributed by atoms with Crippen LogP contribution in [0, 0.1) is 0 Å². The highest BCUT2D eigenvalue weighted by molar-refractivity contribution is 6.64. The Balaban J connectivity index is 2.48. The molecule has 1 aliphatic rings. The molecule has 0 N–H and O–H groups in total. The van der Waals surface area contributed by atoms with Crippen LogP contribution in [0.3, 0.4) is 0 Å². The van der Waals surface area contributed by atoms with Gasteiger partial charge in [0.05, 0.1) is 0 Å². The van der Waals surface area contributed by atoms with Crippen molar-refractivity contribution in [2.45, 2.75) is 33.4 Å². The molecule has 10 heavy (non-hydrogen) atoms. The van der Waals surface area contributed by atoms with Crippen molar-refractivity contribution in [3.63, 3.8) is 0 Å².